The monoisotopic (exact) mass is 187 g/mol. The zero-order valence-electron chi connectivity index (χ0n) is 6.79. The van der Waals surface area contributed by atoms with Crippen molar-refractivity contribution in [3.8, 4) is 5.88 Å². The van der Waals surface area contributed by atoms with Crippen molar-refractivity contribution in [2.75, 3.05) is 20.3 Å². The van der Waals surface area contributed by atoms with E-state index in [1.165, 1.54) is 0 Å². The Morgan fingerprint density at radius 1 is 1.42 bits per heavy atom. The number of rotatable bonds is 4. The molecule has 1 heterocycles. The Labute approximate surface area is 76.3 Å². The maximum Gasteiger partial charge on any atom is 0.213 e. The van der Waals surface area contributed by atoms with Crippen LogP contribution < -0.4 is 4.74 Å². The lowest BCUT2D eigenvalue weighted by molar-refractivity contribution is 0.144. The van der Waals surface area contributed by atoms with Gasteiger partial charge in [-0.15, -0.1) is 0 Å². The Hall–Kier alpha value is -0.800. The second-order valence-corrected chi connectivity index (χ2v) is 2.59. The Kier molecular flexibility index (Phi) is 3.84. The van der Waals surface area contributed by atoms with E-state index in [0.29, 0.717) is 24.1 Å². The van der Waals surface area contributed by atoms with E-state index in [2.05, 4.69) is 4.98 Å². The summed E-state index contributed by atoms with van der Waals surface area (Å²) < 4.78 is 10.0. The summed E-state index contributed by atoms with van der Waals surface area (Å²) in [4.78, 5) is 3.94. The van der Waals surface area contributed by atoms with Crippen molar-refractivity contribution in [2.24, 2.45) is 0 Å². The highest BCUT2D eigenvalue weighted by atomic mass is 35.5. The molecular weight excluding hydrogens is 178 g/mol. The van der Waals surface area contributed by atoms with Gasteiger partial charge in [-0.1, -0.05) is 11.6 Å². The van der Waals surface area contributed by atoms with Gasteiger partial charge in [-0.3, -0.25) is 0 Å². The summed E-state index contributed by atoms with van der Waals surface area (Å²) in [5, 5.41) is 0.606. The van der Waals surface area contributed by atoms with E-state index in [1.54, 1.807) is 25.4 Å². The van der Waals surface area contributed by atoms with Gasteiger partial charge in [0.15, 0.2) is 0 Å². The van der Waals surface area contributed by atoms with E-state index in [-0.39, 0.29) is 0 Å². The molecule has 0 aliphatic rings. The molecule has 0 saturated carbocycles. The summed E-state index contributed by atoms with van der Waals surface area (Å²) in [6.07, 6.45) is 1.55. The maximum atomic E-state index is 5.63. The van der Waals surface area contributed by atoms with Crippen molar-refractivity contribution in [2.45, 2.75) is 0 Å². The molecule has 0 atom stereocenters. The lowest BCUT2D eigenvalue weighted by atomic mass is 10.5. The van der Waals surface area contributed by atoms with Crippen LogP contribution >= 0.6 is 11.6 Å². The van der Waals surface area contributed by atoms with Gasteiger partial charge in [0.25, 0.3) is 0 Å². The van der Waals surface area contributed by atoms with Crippen LogP contribution in [0.25, 0.3) is 0 Å². The zero-order chi connectivity index (χ0) is 8.81. The van der Waals surface area contributed by atoms with E-state index in [9.17, 15) is 0 Å². The Morgan fingerprint density at radius 3 is 2.83 bits per heavy atom. The summed E-state index contributed by atoms with van der Waals surface area (Å²) >= 11 is 5.63. The van der Waals surface area contributed by atoms with Crippen LogP contribution in [0.1, 0.15) is 0 Å². The summed E-state index contributed by atoms with van der Waals surface area (Å²) in [7, 11) is 1.62. The van der Waals surface area contributed by atoms with E-state index < -0.39 is 0 Å². The van der Waals surface area contributed by atoms with Crippen molar-refractivity contribution < 1.29 is 9.47 Å². The molecule has 0 N–H and O–H groups in total. The van der Waals surface area contributed by atoms with Crippen LogP contribution in [0, 0.1) is 0 Å². The Balaban J connectivity index is 2.37. The number of hydrogen-bond acceptors (Lipinski definition) is 3. The number of halogens is 1. The van der Waals surface area contributed by atoms with Gasteiger partial charge >= 0.3 is 0 Å². The molecule has 0 aliphatic heterocycles. The molecule has 12 heavy (non-hydrogen) atoms. The minimum absolute atomic E-state index is 0.505. The second-order valence-electron chi connectivity index (χ2n) is 2.16. The molecule has 0 amide bonds. The molecule has 0 spiro atoms. The molecule has 1 aromatic rings. The molecule has 66 valence electrons. The van der Waals surface area contributed by atoms with Crippen LogP contribution in [-0.4, -0.2) is 25.3 Å². The molecule has 0 aliphatic carbocycles. The van der Waals surface area contributed by atoms with Crippen molar-refractivity contribution in [3.05, 3.63) is 23.4 Å². The number of aromatic nitrogens is 1. The van der Waals surface area contributed by atoms with Crippen molar-refractivity contribution >= 4 is 11.6 Å². The highest BCUT2D eigenvalue weighted by Crippen LogP contribution is 2.10. The fourth-order valence-corrected chi connectivity index (χ4v) is 0.789. The van der Waals surface area contributed by atoms with Crippen molar-refractivity contribution in [3.63, 3.8) is 0 Å². The minimum atomic E-state index is 0.505. The largest absolute Gasteiger partial charge is 0.475 e. The van der Waals surface area contributed by atoms with Crippen LogP contribution in [0.4, 0.5) is 0 Å². The Morgan fingerprint density at radius 2 is 2.25 bits per heavy atom. The second kappa shape index (κ2) is 4.95. The first-order chi connectivity index (χ1) is 5.83. The highest BCUT2D eigenvalue weighted by Gasteiger charge is 1.93. The first-order valence-corrected chi connectivity index (χ1v) is 3.94. The average molecular weight is 188 g/mol. The molecule has 3 nitrogen and oxygen atoms in total. The zero-order valence-corrected chi connectivity index (χ0v) is 7.54. The quantitative estimate of drug-likeness (QED) is 0.674. The van der Waals surface area contributed by atoms with Crippen LogP contribution in [0.3, 0.4) is 0 Å². The molecule has 1 aromatic heterocycles. The number of ether oxygens (including phenoxy) is 2. The Bertz CT molecular complexity index is 225. The van der Waals surface area contributed by atoms with E-state index in [4.69, 9.17) is 21.1 Å². The normalized spacial score (nSPS) is 9.83. The van der Waals surface area contributed by atoms with E-state index in [1.807, 2.05) is 0 Å². The molecule has 0 radical (unpaired) electrons. The SMILES string of the molecule is COCCOc1ccc(Cl)cn1. The van der Waals surface area contributed by atoms with Crippen LogP contribution in [0.2, 0.25) is 5.02 Å². The fraction of sp³-hybridized carbons (Fsp3) is 0.375. The smallest absolute Gasteiger partial charge is 0.213 e. The van der Waals surface area contributed by atoms with Crippen molar-refractivity contribution in [1.29, 1.82) is 0 Å². The summed E-state index contributed by atoms with van der Waals surface area (Å²) in [6.45, 7) is 1.06. The summed E-state index contributed by atoms with van der Waals surface area (Å²) in [5.74, 6) is 0.566. The predicted octanol–water partition coefficient (Wildman–Crippen LogP) is 1.76. The lowest BCUT2D eigenvalue weighted by Crippen LogP contribution is -2.04. The first-order valence-electron chi connectivity index (χ1n) is 3.56. The molecule has 0 fully saturated rings. The minimum Gasteiger partial charge on any atom is -0.475 e. The topological polar surface area (TPSA) is 31.4 Å². The predicted molar refractivity (Wildman–Crippen MR) is 46.6 cm³/mol. The number of pyridine rings is 1. The van der Waals surface area contributed by atoms with Crippen molar-refractivity contribution in [1.82, 2.24) is 4.98 Å². The first kappa shape index (κ1) is 9.29. The van der Waals surface area contributed by atoms with E-state index in [0.717, 1.165) is 0 Å². The molecule has 1 rings (SSSR count). The van der Waals surface area contributed by atoms with Crippen LogP contribution in [-0.2, 0) is 4.74 Å². The maximum absolute atomic E-state index is 5.63. The third-order valence-electron chi connectivity index (χ3n) is 1.24. The molecule has 4 heteroatoms. The lowest BCUT2D eigenvalue weighted by Gasteiger charge is -2.02. The average Bonchev–Trinajstić information content (AvgIpc) is 2.09. The molecule has 0 bridgehead atoms. The van der Waals surface area contributed by atoms with Gasteiger partial charge < -0.3 is 9.47 Å². The van der Waals surface area contributed by atoms with Gasteiger partial charge in [-0.05, 0) is 6.07 Å². The number of hydrogen-bond donors (Lipinski definition) is 0. The van der Waals surface area contributed by atoms with Gasteiger partial charge in [0.05, 0.1) is 11.6 Å². The van der Waals surface area contributed by atoms with Gasteiger partial charge in [0.1, 0.15) is 6.61 Å². The summed E-state index contributed by atoms with van der Waals surface area (Å²) in [5.41, 5.74) is 0. The molecule has 0 saturated heterocycles. The standard InChI is InChI=1S/C8H10ClNO2/c1-11-4-5-12-8-3-2-7(9)6-10-8/h2-3,6H,4-5H2,1H3. The molecule has 0 unspecified atom stereocenters. The fourth-order valence-electron chi connectivity index (χ4n) is 0.677. The van der Waals surface area contributed by atoms with Gasteiger partial charge in [0.2, 0.25) is 5.88 Å². The van der Waals surface area contributed by atoms with Gasteiger partial charge in [-0.2, -0.15) is 0 Å². The third-order valence-corrected chi connectivity index (χ3v) is 1.46. The number of nitrogens with zero attached hydrogens (tertiary/aromatic N) is 1. The highest BCUT2D eigenvalue weighted by molar-refractivity contribution is 6.30. The molecular formula is C8H10ClNO2. The van der Waals surface area contributed by atoms with Gasteiger partial charge in [0, 0.05) is 19.4 Å². The third kappa shape index (κ3) is 3.07. The summed E-state index contributed by atoms with van der Waals surface area (Å²) in [6, 6.07) is 3.45. The van der Waals surface area contributed by atoms with Gasteiger partial charge in [-0.25, -0.2) is 4.98 Å². The van der Waals surface area contributed by atoms with Crippen LogP contribution in [0.5, 0.6) is 5.88 Å². The van der Waals surface area contributed by atoms with Crippen LogP contribution in [0.15, 0.2) is 18.3 Å². The van der Waals surface area contributed by atoms with E-state index >= 15 is 0 Å². The number of methoxy groups -OCH3 is 1. The molecule has 0 aromatic carbocycles.